The molecule has 1 atom stereocenters. The van der Waals surface area contributed by atoms with Crippen LogP contribution in [-0.4, -0.2) is 63.3 Å². The first-order valence-corrected chi connectivity index (χ1v) is 10.5. The normalized spacial score (nSPS) is 25.9. The molecule has 2 aliphatic carbocycles. The topological polar surface area (TPSA) is 48.9 Å². The van der Waals surface area contributed by atoms with E-state index in [1.54, 1.807) is 0 Å². The van der Waals surface area contributed by atoms with Crippen molar-refractivity contribution in [2.75, 3.05) is 46.4 Å². The molecule has 6 heteroatoms. The molecule has 1 heterocycles. The fourth-order valence-corrected chi connectivity index (χ4v) is 4.61. The summed E-state index contributed by atoms with van der Waals surface area (Å²) in [7, 11) is 1.89. The van der Waals surface area contributed by atoms with Crippen molar-refractivity contribution in [2.45, 2.75) is 64.3 Å². The molecule has 3 fully saturated rings. The van der Waals surface area contributed by atoms with Crippen LogP contribution in [0.4, 0.5) is 0 Å². The van der Waals surface area contributed by atoms with E-state index in [4.69, 9.17) is 4.74 Å². The maximum atomic E-state index is 5.62. The van der Waals surface area contributed by atoms with Crippen LogP contribution in [0.2, 0.25) is 0 Å². The first-order valence-electron chi connectivity index (χ1n) is 10.5. The maximum Gasteiger partial charge on any atom is 0.191 e. The van der Waals surface area contributed by atoms with Crippen LogP contribution in [0.3, 0.4) is 0 Å². The van der Waals surface area contributed by atoms with Gasteiger partial charge in [0.05, 0.1) is 0 Å². The zero-order valence-electron chi connectivity index (χ0n) is 16.8. The van der Waals surface area contributed by atoms with Crippen molar-refractivity contribution >= 4 is 29.9 Å². The van der Waals surface area contributed by atoms with Gasteiger partial charge in [-0.15, -0.1) is 24.0 Å². The van der Waals surface area contributed by atoms with E-state index in [1.165, 1.54) is 64.5 Å². The number of ether oxygens (including phenoxy) is 1. The number of rotatable bonds is 9. The highest BCUT2D eigenvalue weighted by atomic mass is 127. The highest BCUT2D eigenvalue weighted by Gasteiger charge is 2.35. The Morgan fingerprint density at radius 2 is 1.96 bits per heavy atom. The predicted molar refractivity (Wildman–Crippen MR) is 119 cm³/mol. The standard InChI is InChI=1S/C20H38N4O.HI/c1-3-25-13-11-20(9-4-5-10-20)16-23-19(21-2)22-14-17-8-12-24(15-17)18-6-7-18;/h17-18H,3-16H2,1-2H3,(H2,21,22,23);1H. The summed E-state index contributed by atoms with van der Waals surface area (Å²) < 4.78 is 5.62. The van der Waals surface area contributed by atoms with Crippen LogP contribution in [0.5, 0.6) is 0 Å². The minimum Gasteiger partial charge on any atom is -0.382 e. The molecule has 3 rings (SSSR count). The molecule has 0 aromatic carbocycles. The molecule has 1 aliphatic heterocycles. The molecular formula is C20H39IN4O. The van der Waals surface area contributed by atoms with E-state index in [1.807, 2.05) is 7.05 Å². The van der Waals surface area contributed by atoms with E-state index in [0.29, 0.717) is 5.41 Å². The van der Waals surface area contributed by atoms with Crippen LogP contribution < -0.4 is 10.6 Å². The minimum atomic E-state index is 0. The Bertz CT molecular complexity index is 436. The van der Waals surface area contributed by atoms with Gasteiger partial charge in [0.1, 0.15) is 0 Å². The molecular weight excluding hydrogens is 439 g/mol. The number of likely N-dealkylation sites (tertiary alicyclic amines) is 1. The van der Waals surface area contributed by atoms with E-state index in [9.17, 15) is 0 Å². The van der Waals surface area contributed by atoms with Gasteiger partial charge in [0.15, 0.2) is 5.96 Å². The van der Waals surface area contributed by atoms with Crippen LogP contribution >= 0.6 is 24.0 Å². The van der Waals surface area contributed by atoms with E-state index in [2.05, 4.69) is 27.4 Å². The molecule has 152 valence electrons. The van der Waals surface area contributed by atoms with Gasteiger partial charge >= 0.3 is 0 Å². The van der Waals surface area contributed by atoms with Gasteiger partial charge in [-0.2, -0.15) is 0 Å². The summed E-state index contributed by atoms with van der Waals surface area (Å²) in [4.78, 5) is 7.14. The molecule has 0 radical (unpaired) electrons. The SMILES string of the molecule is CCOCCC1(CNC(=NC)NCC2CCN(C3CC3)C2)CCCC1.I. The summed E-state index contributed by atoms with van der Waals surface area (Å²) >= 11 is 0. The zero-order valence-corrected chi connectivity index (χ0v) is 19.1. The molecule has 26 heavy (non-hydrogen) atoms. The largest absolute Gasteiger partial charge is 0.382 e. The van der Waals surface area contributed by atoms with E-state index in [0.717, 1.165) is 44.2 Å². The summed E-state index contributed by atoms with van der Waals surface area (Å²) in [5, 5.41) is 7.20. The molecule has 0 aromatic heterocycles. The number of nitrogens with one attached hydrogen (secondary N) is 2. The van der Waals surface area contributed by atoms with Gasteiger partial charge in [-0.3, -0.25) is 4.99 Å². The van der Waals surface area contributed by atoms with Crippen LogP contribution in [0.15, 0.2) is 4.99 Å². The Morgan fingerprint density at radius 1 is 1.19 bits per heavy atom. The maximum absolute atomic E-state index is 5.62. The second-order valence-corrected chi connectivity index (χ2v) is 8.34. The number of nitrogens with zero attached hydrogens (tertiary/aromatic N) is 2. The second-order valence-electron chi connectivity index (χ2n) is 8.34. The van der Waals surface area contributed by atoms with Gasteiger partial charge in [-0.05, 0) is 63.3 Å². The molecule has 3 aliphatic rings. The quantitative estimate of drug-likeness (QED) is 0.231. The lowest BCUT2D eigenvalue weighted by Gasteiger charge is -2.30. The fourth-order valence-electron chi connectivity index (χ4n) is 4.61. The Labute approximate surface area is 177 Å². The van der Waals surface area contributed by atoms with Crippen molar-refractivity contribution in [2.24, 2.45) is 16.3 Å². The van der Waals surface area contributed by atoms with Gasteiger partial charge in [0.2, 0.25) is 0 Å². The summed E-state index contributed by atoms with van der Waals surface area (Å²) in [6.07, 6.45) is 10.7. The molecule has 1 saturated heterocycles. The molecule has 2 saturated carbocycles. The molecule has 0 amide bonds. The third-order valence-electron chi connectivity index (χ3n) is 6.44. The van der Waals surface area contributed by atoms with Crippen molar-refractivity contribution in [3.05, 3.63) is 0 Å². The van der Waals surface area contributed by atoms with Gasteiger partial charge in [-0.1, -0.05) is 12.8 Å². The first-order chi connectivity index (χ1) is 12.2. The predicted octanol–water partition coefficient (Wildman–Crippen LogP) is 3.24. The van der Waals surface area contributed by atoms with Gasteiger partial charge < -0.3 is 20.3 Å². The van der Waals surface area contributed by atoms with E-state index < -0.39 is 0 Å². The van der Waals surface area contributed by atoms with Crippen LogP contribution in [0.1, 0.15) is 58.3 Å². The van der Waals surface area contributed by atoms with Crippen LogP contribution in [0, 0.1) is 11.3 Å². The third kappa shape index (κ3) is 6.51. The van der Waals surface area contributed by atoms with E-state index in [-0.39, 0.29) is 24.0 Å². The zero-order chi connectivity index (χ0) is 17.5. The van der Waals surface area contributed by atoms with Gasteiger partial charge in [0.25, 0.3) is 0 Å². The average molecular weight is 478 g/mol. The molecule has 0 spiro atoms. The monoisotopic (exact) mass is 478 g/mol. The number of aliphatic imine (C=N–C) groups is 1. The fraction of sp³-hybridized carbons (Fsp3) is 0.950. The van der Waals surface area contributed by atoms with Crippen LogP contribution in [0.25, 0.3) is 0 Å². The lowest BCUT2D eigenvalue weighted by atomic mass is 9.83. The second kappa shape index (κ2) is 11.1. The van der Waals surface area contributed by atoms with E-state index >= 15 is 0 Å². The first kappa shape index (κ1) is 22.2. The molecule has 1 unspecified atom stereocenters. The Kier molecular flexibility index (Phi) is 9.44. The van der Waals surface area contributed by atoms with Crippen LogP contribution in [-0.2, 0) is 4.74 Å². The van der Waals surface area contributed by atoms with Gasteiger partial charge in [-0.25, -0.2) is 0 Å². The summed E-state index contributed by atoms with van der Waals surface area (Å²) in [6.45, 7) is 8.44. The minimum absolute atomic E-state index is 0. The summed E-state index contributed by atoms with van der Waals surface area (Å²) in [5.74, 6) is 1.75. The highest BCUT2D eigenvalue weighted by Crippen LogP contribution is 2.40. The van der Waals surface area contributed by atoms with Crippen molar-refractivity contribution in [3.63, 3.8) is 0 Å². The number of guanidine groups is 1. The van der Waals surface area contributed by atoms with Crippen molar-refractivity contribution < 1.29 is 4.74 Å². The lowest BCUT2D eigenvalue weighted by Crippen LogP contribution is -2.45. The van der Waals surface area contributed by atoms with Crippen molar-refractivity contribution in [1.82, 2.24) is 15.5 Å². The number of halogens is 1. The molecule has 0 aromatic rings. The van der Waals surface area contributed by atoms with Gasteiger partial charge in [0, 0.05) is 45.9 Å². The Balaban J connectivity index is 0.00000243. The average Bonchev–Trinajstić information content (AvgIpc) is 3.18. The summed E-state index contributed by atoms with van der Waals surface area (Å²) in [6, 6.07) is 0.912. The van der Waals surface area contributed by atoms with Crippen molar-refractivity contribution in [1.29, 1.82) is 0 Å². The third-order valence-corrected chi connectivity index (χ3v) is 6.44. The Morgan fingerprint density at radius 3 is 2.62 bits per heavy atom. The molecule has 0 bridgehead atoms. The highest BCUT2D eigenvalue weighted by molar-refractivity contribution is 14.0. The molecule has 2 N–H and O–H groups in total. The number of hydrogen-bond acceptors (Lipinski definition) is 3. The number of hydrogen-bond donors (Lipinski definition) is 2. The lowest BCUT2D eigenvalue weighted by molar-refractivity contribution is 0.105. The summed E-state index contributed by atoms with van der Waals surface area (Å²) in [5.41, 5.74) is 0.406. The smallest absolute Gasteiger partial charge is 0.191 e. The van der Waals surface area contributed by atoms with Crippen molar-refractivity contribution in [3.8, 4) is 0 Å². The Hall–Kier alpha value is -0.0800. The molecule has 5 nitrogen and oxygen atoms in total.